The number of hydrogen-bond donors (Lipinski definition) is 1. The fourth-order valence-corrected chi connectivity index (χ4v) is 2.80. The van der Waals surface area contributed by atoms with Crippen molar-refractivity contribution in [1.29, 1.82) is 0 Å². The lowest BCUT2D eigenvalue weighted by Gasteiger charge is -2.23. The van der Waals surface area contributed by atoms with Crippen LogP contribution in [0.1, 0.15) is 29.5 Å². The normalized spacial score (nSPS) is 21.1. The van der Waals surface area contributed by atoms with E-state index in [-0.39, 0.29) is 0 Å². The average Bonchev–Trinajstić information content (AvgIpc) is 2.27. The lowest BCUT2D eigenvalue weighted by Crippen LogP contribution is -2.31. The molecule has 0 amide bonds. The summed E-state index contributed by atoms with van der Waals surface area (Å²) in [5.41, 5.74) is 3.96. The lowest BCUT2D eigenvalue weighted by atomic mass is 9.90. The second-order valence-electron chi connectivity index (χ2n) is 4.95. The maximum Gasteiger partial charge on any atom is 0.0440 e. The molecule has 1 aliphatic rings. The molecule has 0 aliphatic carbocycles. The Kier molecular flexibility index (Phi) is 3.88. The molecule has 1 unspecified atom stereocenters. The zero-order chi connectivity index (χ0) is 11.5. The third-order valence-corrected chi connectivity index (χ3v) is 3.90. The molecule has 1 atom stereocenters. The van der Waals surface area contributed by atoms with E-state index in [1.165, 1.54) is 42.5 Å². The highest BCUT2D eigenvalue weighted by Gasteiger charge is 2.15. The van der Waals surface area contributed by atoms with Gasteiger partial charge in [-0.15, -0.1) is 0 Å². The van der Waals surface area contributed by atoms with Crippen LogP contribution in [-0.2, 0) is 6.42 Å². The van der Waals surface area contributed by atoms with Gasteiger partial charge < -0.3 is 5.32 Å². The summed E-state index contributed by atoms with van der Waals surface area (Å²) in [5, 5.41) is 4.39. The van der Waals surface area contributed by atoms with Gasteiger partial charge in [0.25, 0.3) is 0 Å². The van der Waals surface area contributed by atoms with Crippen molar-refractivity contribution in [3.8, 4) is 0 Å². The summed E-state index contributed by atoms with van der Waals surface area (Å²) in [6.07, 6.45) is 3.82. The van der Waals surface area contributed by atoms with Crippen LogP contribution in [0.5, 0.6) is 0 Å². The van der Waals surface area contributed by atoms with Gasteiger partial charge in [0.15, 0.2) is 0 Å². The Labute approximate surface area is 103 Å². The van der Waals surface area contributed by atoms with Gasteiger partial charge in [0.05, 0.1) is 0 Å². The lowest BCUT2D eigenvalue weighted by molar-refractivity contribution is 0.375. The van der Waals surface area contributed by atoms with Crippen molar-refractivity contribution in [2.45, 2.75) is 33.1 Å². The number of piperidine rings is 1. The summed E-state index contributed by atoms with van der Waals surface area (Å²) in [6, 6.07) is 4.34. The van der Waals surface area contributed by atoms with Crippen LogP contribution in [0, 0.1) is 19.8 Å². The molecule has 88 valence electrons. The van der Waals surface area contributed by atoms with Crippen LogP contribution in [0.25, 0.3) is 0 Å². The SMILES string of the molecule is Cc1cc(Cl)c(C)c(CC2CCCNC2)c1. The van der Waals surface area contributed by atoms with E-state index in [0.717, 1.165) is 17.5 Å². The fraction of sp³-hybridized carbons (Fsp3) is 0.571. The molecule has 1 nitrogen and oxygen atoms in total. The second-order valence-corrected chi connectivity index (χ2v) is 5.35. The molecule has 1 aliphatic heterocycles. The summed E-state index contributed by atoms with van der Waals surface area (Å²) in [7, 11) is 0. The predicted molar refractivity (Wildman–Crippen MR) is 70.2 cm³/mol. The first kappa shape index (κ1) is 11.9. The predicted octanol–water partition coefficient (Wildman–Crippen LogP) is 3.50. The van der Waals surface area contributed by atoms with Crippen LogP contribution in [0.15, 0.2) is 12.1 Å². The van der Waals surface area contributed by atoms with Crippen molar-refractivity contribution in [2.75, 3.05) is 13.1 Å². The first-order valence-electron chi connectivity index (χ1n) is 6.13. The molecule has 1 saturated heterocycles. The second kappa shape index (κ2) is 5.20. The maximum atomic E-state index is 6.22. The number of hydrogen-bond acceptors (Lipinski definition) is 1. The van der Waals surface area contributed by atoms with E-state index in [1.54, 1.807) is 0 Å². The van der Waals surface area contributed by atoms with Crippen LogP contribution in [0.2, 0.25) is 5.02 Å². The molecule has 2 heteroatoms. The van der Waals surface area contributed by atoms with Crippen molar-refractivity contribution in [1.82, 2.24) is 5.32 Å². The van der Waals surface area contributed by atoms with Gasteiger partial charge >= 0.3 is 0 Å². The molecule has 0 saturated carbocycles. The Morgan fingerprint density at radius 2 is 2.19 bits per heavy atom. The van der Waals surface area contributed by atoms with Crippen molar-refractivity contribution in [3.63, 3.8) is 0 Å². The Hall–Kier alpha value is -0.530. The van der Waals surface area contributed by atoms with Gasteiger partial charge in [0.1, 0.15) is 0 Å². The average molecular weight is 238 g/mol. The summed E-state index contributed by atoms with van der Waals surface area (Å²) in [4.78, 5) is 0. The van der Waals surface area contributed by atoms with Gasteiger partial charge in [0, 0.05) is 5.02 Å². The molecule has 1 aromatic rings. The molecule has 1 N–H and O–H groups in total. The van der Waals surface area contributed by atoms with E-state index in [9.17, 15) is 0 Å². The molecule has 0 aromatic heterocycles. The summed E-state index contributed by atoms with van der Waals surface area (Å²) < 4.78 is 0. The smallest absolute Gasteiger partial charge is 0.0440 e. The van der Waals surface area contributed by atoms with E-state index in [4.69, 9.17) is 11.6 Å². The third-order valence-electron chi connectivity index (χ3n) is 3.50. The van der Waals surface area contributed by atoms with Crippen LogP contribution < -0.4 is 5.32 Å². The highest BCUT2D eigenvalue weighted by Crippen LogP contribution is 2.25. The minimum absolute atomic E-state index is 0.783. The standard InChI is InChI=1S/C14H20ClN/c1-10-6-13(11(2)14(15)7-10)8-12-4-3-5-16-9-12/h6-7,12,16H,3-5,8-9H2,1-2H3. The van der Waals surface area contributed by atoms with Crippen LogP contribution in [0.4, 0.5) is 0 Å². The number of benzene rings is 1. The molecular weight excluding hydrogens is 218 g/mol. The van der Waals surface area contributed by atoms with Crippen LogP contribution in [0.3, 0.4) is 0 Å². The first-order valence-corrected chi connectivity index (χ1v) is 6.51. The summed E-state index contributed by atoms with van der Waals surface area (Å²) in [6.45, 7) is 6.59. The van der Waals surface area contributed by atoms with Gasteiger partial charge in [-0.05, 0) is 74.9 Å². The zero-order valence-corrected chi connectivity index (χ0v) is 10.9. The van der Waals surface area contributed by atoms with Crippen molar-refractivity contribution in [2.24, 2.45) is 5.92 Å². The number of nitrogens with one attached hydrogen (secondary N) is 1. The molecular formula is C14H20ClN. The molecule has 0 radical (unpaired) electrons. The number of aryl methyl sites for hydroxylation is 1. The number of rotatable bonds is 2. The van der Waals surface area contributed by atoms with Crippen molar-refractivity contribution < 1.29 is 0 Å². The topological polar surface area (TPSA) is 12.0 Å². The molecule has 1 heterocycles. The minimum atomic E-state index is 0.783. The minimum Gasteiger partial charge on any atom is -0.316 e. The molecule has 1 aromatic carbocycles. The van der Waals surface area contributed by atoms with Crippen molar-refractivity contribution >= 4 is 11.6 Å². The number of halogens is 1. The zero-order valence-electron chi connectivity index (χ0n) is 10.1. The molecule has 0 spiro atoms. The van der Waals surface area contributed by atoms with Gasteiger partial charge in [-0.1, -0.05) is 17.7 Å². The third kappa shape index (κ3) is 2.78. The Bertz CT molecular complexity index is 367. The molecule has 0 bridgehead atoms. The van der Waals surface area contributed by atoms with Gasteiger partial charge in [-0.3, -0.25) is 0 Å². The van der Waals surface area contributed by atoms with Crippen LogP contribution in [-0.4, -0.2) is 13.1 Å². The van der Waals surface area contributed by atoms with Gasteiger partial charge in [-0.25, -0.2) is 0 Å². The quantitative estimate of drug-likeness (QED) is 0.830. The molecule has 1 fully saturated rings. The Morgan fingerprint density at radius 1 is 1.38 bits per heavy atom. The van der Waals surface area contributed by atoms with E-state index >= 15 is 0 Å². The fourth-order valence-electron chi connectivity index (χ4n) is 2.51. The van der Waals surface area contributed by atoms with E-state index in [0.29, 0.717) is 0 Å². The van der Waals surface area contributed by atoms with Crippen LogP contribution >= 0.6 is 11.6 Å². The Balaban J connectivity index is 2.13. The van der Waals surface area contributed by atoms with Gasteiger partial charge in [0.2, 0.25) is 0 Å². The van der Waals surface area contributed by atoms with Crippen molar-refractivity contribution in [3.05, 3.63) is 33.8 Å². The maximum absolute atomic E-state index is 6.22. The molecule has 2 rings (SSSR count). The highest BCUT2D eigenvalue weighted by molar-refractivity contribution is 6.31. The highest BCUT2D eigenvalue weighted by atomic mass is 35.5. The monoisotopic (exact) mass is 237 g/mol. The summed E-state index contributed by atoms with van der Waals surface area (Å²) in [5.74, 6) is 0.783. The largest absolute Gasteiger partial charge is 0.316 e. The molecule has 16 heavy (non-hydrogen) atoms. The van der Waals surface area contributed by atoms with Gasteiger partial charge in [-0.2, -0.15) is 0 Å². The Morgan fingerprint density at radius 3 is 2.88 bits per heavy atom. The van der Waals surface area contributed by atoms with E-state index in [1.807, 2.05) is 0 Å². The summed E-state index contributed by atoms with van der Waals surface area (Å²) >= 11 is 6.22. The first-order chi connectivity index (χ1) is 7.66. The van der Waals surface area contributed by atoms with E-state index in [2.05, 4.69) is 31.3 Å². The van der Waals surface area contributed by atoms with E-state index < -0.39 is 0 Å².